The van der Waals surface area contributed by atoms with Crippen molar-refractivity contribution in [3.8, 4) is 22.6 Å². The maximum atomic E-state index is 8.80. The highest BCUT2D eigenvalue weighted by Crippen LogP contribution is 2.36. The number of pyridine rings is 1. The molecule has 3 aromatic carbocycles. The van der Waals surface area contributed by atoms with Gasteiger partial charge in [-0.2, -0.15) is 0 Å². The monoisotopic (exact) mass is 567 g/mol. The molecule has 0 spiro atoms. The molecule has 8 heteroatoms. The predicted octanol–water partition coefficient (Wildman–Crippen LogP) is 6.39. The van der Waals surface area contributed by atoms with Crippen molar-refractivity contribution in [2.24, 2.45) is 0 Å². The fourth-order valence-corrected chi connectivity index (χ4v) is 4.51. The second-order valence-electron chi connectivity index (χ2n) is 8.06. The number of hydrogen-bond donors (Lipinski definition) is 3. The highest BCUT2D eigenvalue weighted by Gasteiger charge is 2.14. The van der Waals surface area contributed by atoms with E-state index in [1.165, 1.54) is 0 Å². The van der Waals surface area contributed by atoms with E-state index in [0.29, 0.717) is 49.4 Å². The highest BCUT2D eigenvalue weighted by molar-refractivity contribution is 9.10. The van der Waals surface area contributed by atoms with Gasteiger partial charge in [0.1, 0.15) is 24.7 Å². The topological polar surface area (TPSA) is 75.6 Å². The van der Waals surface area contributed by atoms with E-state index in [9.17, 15) is 0 Å². The summed E-state index contributed by atoms with van der Waals surface area (Å²) < 4.78 is 13.3. The van der Waals surface area contributed by atoms with Crippen molar-refractivity contribution in [2.75, 3.05) is 13.1 Å². The molecule has 0 atom stereocenters. The molecule has 186 valence electrons. The summed E-state index contributed by atoms with van der Waals surface area (Å²) >= 11 is 10.4. The lowest BCUT2D eigenvalue weighted by Crippen LogP contribution is -2.25. The van der Waals surface area contributed by atoms with E-state index in [1.807, 2.05) is 54.6 Å². The van der Waals surface area contributed by atoms with Crippen molar-refractivity contribution >= 4 is 27.5 Å². The normalized spacial score (nSPS) is 10.9. The Hall–Kier alpha value is -2.94. The zero-order chi connectivity index (χ0) is 25.2. The number of nitrogens with zero attached hydrogens (tertiary/aromatic N) is 1. The van der Waals surface area contributed by atoms with E-state index < -0.39 is 0 Å². The lowest BCUT2D eigenvalue weighted by molar-refractivity contribution is 0.167. The van der Waals surface area contributed by atoms with Gasteiger partial charge in [0.05, 0.1) is 5.02 Å². The number of aromatic nitrogens is 1. The SMILES string of the molecule is ONCCNCc1cc(Cl)c(OCc2cccc(-c3ccccc3)c2Br)cc1OCc1cccnc1. The van der Waals surface area contributed by atoms with Crippen LogP contribution in [0.15, 0.2) is 89.7 Å². The fourth-order valence-electron chi connectivity index (χ4n) is 3.66. The third kappa shape index (κ3) is 7.06. The van der Waals surface area contributed by atoms with E-state index >= 15 is 0 Å². The average Bonchev–Trinajstić information content (AvgIpc) is 2.91. The number of rotatable bonds is 12. The summed E-state index contributed by atoms with van der Waals surface area (Å²) in [4.78, 5) is 4.15. The average molecular weight is 569 g/mol. The molecular formula is C28H27BrClN3O3. The van der Waals surface area contributed by atoms with Crippen LogP contribution < -0.4 is 20.3 Å². The van der Waals surface area contributed by atoms with Crippen LogP contribution in [-0.4, -0.2) is 23.3 Å². The number of benzene rings is 3. The van der Waals surface area contributed by atoms with Crippen molar-refractivity contribution in [1.29, 1.82) is 0 Å². The van der Waals surface area contributed by atoms with Gasteiger partial charge in [-0.15, -0.1) is 0 Å². The number of nitrogens with one attached hydrogen (secondary N) is 2. The largest absolute Gasteiger partial charge is 0.488 e. The van der Waals surface area contributed by atoms with E-state index in [4.69, 9.17) is 26.3 Å². The van der Waals surface area contributed by atoms with Crippen LogP contribution in [-0.2, 0) is 19.8 Å². The molecule has 0 aliphatic carbocycles. The predicted molar refractivity (Wildman–Crippen MR) is 145 cm³/mol. The van der Waals surface area contributed by atoms with Crippen LogP contribution >= 0.6 is 27.5 Å². The molecule has 0 radical (unpaired) electrons. The van der Waals surface area contributed by atoms with E-state index in [-0.39, 0.29) is 0 Å². The summed E-state index contributed by atoms with van der Waals surface area (Å²) in [5.74, 6) is 1.20. The first kappa shape index (κ1) is 26.1. The van der Waals surface area contributed by atoms with Crippen LogP contribution in [0.25, 0.3) is 11.1 Å². The van der Waals surface area contributed by atoms with Gasteiger partial charge < -0.3 is 20.0 Å². The summed E-state index contributed by atoms with van der Waals surface area (Å²) in [5, 5.41) is 12.6. The number of ether oxygens (including phenoxy) is 2. The molecule has 0 unspecified atom stereocenters. The van der Waals surface area contributed by atoms with E-state index in [0.717, 1.165) is 32.3 Å². The Morgan fingerprint density at radius 3 is 2.47 bits per heavy atom. The van der Waals surface area contributed by atoms with E-state index in [1.54, 1.807) is 12.4 Å². The fraction of sp³-hybridized carbons (Fsp3) is 0.179. The Balaban J connectivity index is 1.53. The Morgan fingerprint density at radius 2 is 1.69 bits per heavy atom. The molecule has 36 heavy (non-hydrogen) atoms. The molecule has 3 N–H and O–H groups in total. The summed E-state index contributed by atoms with van der Waals surface area (Å²) in [6, 6.07) is 23.8. The van der Waals surface area contributed by atoms with Gasteiger partial charge in [-0.3, -0.25) is 4.98 Å². The van der Waals surface area contributed by atoms with Crippen molar-refractivity contribution in [3.05, 3.63) is 111 Å². The standard InChI is InChI=1S/C28H27BrClN3O3/c29-28-22(9-4-10-24(28)21-7-2-1-3-8-21)19-36-27-15-26(35-18-20-6-5-11-31-16-20)23(14-25(27)30)17-32-12-13-33-34/h1-11,14-16,32-34H,12-13,17-19H2. The van der Waals surface area contributed by atoms with Crippen LogP contribution in [0.4, 0.5) is 0 Å². The van der Waals surface area contributed by atoms with Crippen molar-refractivity contribution < 1.29 is 14.7 Å². The first-order chi connectivity index (χ1) is 17.7. The van der Waals surface area contributed by atoms with Gasteiger partial charge in [0.15, 0.2) is 0 Å². The molecule has 4 aromatic rings. The van der Waals surface area contributed by atoms with Gasteiger partial charge in [-0.1, -0.05) is 66.2 Å². The molecule has 0 saturated carbocycles. The molecule has 6 nitrogen and oxygen atoms in total. The van der Waals surface area contributed by atoms with Crippen LogP contribution in [0, 0.1) is 0 Å². The Labute approximate surface area is 224 Å². The summed E-state index contributed by atoms with van der Waals surface area (Å²) in [6.45, 7) is 2.24. The minimum absolute atomic E-state index is 0.336. The molecule has 0 aliphatic rings. The minimum atomic E-state index is 0.336. The van der Waals surface area contributed by atoms with Gasteiger partial charge in [0.2, 0.25) is 0 Å². The maximum Gasteiger partial charge on any atom is 0.142 e. The first-order valence-electron chi connectivity index (χ1n) is 11.5. The van der Waals surface area contributed by atoms with Crippen molar-refractivity contribution in [3.63, 3.8) is 0 Å². The van der Waals surface area contributed by atoms with Gasteiger partial charge in [0.25, 0.3) is 0 Å². The molecule has 0 amide bonds. The smallest absolute Gasteiger partial charge is 0.142 e. The van der Waals surface area contributed by atoms with Crippen LogP contribution in [0.2, 0.25) is 5.02 Å². The molecule has 0 fully saturated rings. The number of halogens is 2. The molecule has 0 aliphatic heterocycles. The minimum Gasteiger partial charge on any atom is -0.488 e. The summed E-state index contributed by atoms with van der Waals surface area (Å²) in [6.07, 6.45) is 3.50. The summed E-state index contributed by atoms with van der Waals surface area (Å²) in [7, 11) is 0. The Morgan fingerprint density at radius 1 is 0.861 bits per heavy atom. The lowest BCUT2D eigenvalue weighted by atomic mass is 10.0. The number of hydroxylamine groups is 1. The van der Waals surface area contributed by atoms with Gasteiger partial charge in [-0.05, 0) is 39.2 Å². The van der Waals surface area contributed by atoms with Crippen LogP contribution in [0.1, 0.15) is 16.7 Å². The van der Waals surface area contributed by atoms with Crippen LogP contribution in [0.3, 0.4) is 0 Å². The third-order valence-corrected chi connectivity index (χ3v) is 6.74. The molecule has 4 rings (SSSR count). The zero-order valence-electron chi connectivity index (χ0n) is 19.6. The van der Waals surface area contributed by atoms with Crippen molar-refractivity contribution in [1.82, 2.24) is 15.8 Å². The number of hydrogen-bond acceptors (Lipinski definition) is 6. The molecule has 0 bridgehead atoms. The van der Waals surface area contributed by atoms with Gasteiger partial charge in [-0.25, -0.2) is 5.48 Å². The second kappa shape index (κ2) is 13.4. The lowest BCUT2D eigenvalue weighted by Gasteiger charge is -2.17. The second-order valence-corrected chi connectivity index (χ2v) is 9.26. The Bertz CT molecular complexity index is 1260. The van der Waals surface area contributed by atoms with Crippen molar-refractivity contribution in [2.45, 2.75) is 19.8 Å². The first-order valence-corrected chi connectivity index (χ1v) is 12.7. The summed E-state index contributed by atoms with van der Waals surface area (Å²) in [5.41, 5.74) is 7.22. The zero-order valence-corrected chi connectivity index (χ0v) is 21.9. The molecule has 0 saturated heterocycles. The highest BCUT2D eigenvalue weighted by atomic mass is 79.9. The Kier molecular flexibility index (Phi) is 9.72. The maximum absolute atomic E-state index is 8.80. The van der Waals surface area contributed by atoms with Gasteiger partial charge in [0, 0.05) is 59.3 Å². The molecule has 1 heterocycles. The van der Waals surface area contributed by atoms with Gasteiger partial charge >= 0.3 is 0 Å². The third-order valence-electron chi connectivity index (χ3n) is 5.51. The van der Waals surface area contributed by atoms with Crippen LogP contribution in [0.5, 0.6) is 11.5 Å². The molecule has 1 aromatic heterocycles. The van der Waals surface area contributed by atoms with E-state index in [2.05, 4.69) is 49.9 Å². The molecular weight excluding hydrogens is 542 g/mol. The quantitative estimate of drug-likeness (QED) is 0.136.